The summed E-state index contributed by atoms with van der Waals surface area (Å²) >= 11 is 1.26. The van der Waals surface area contributed by atoms with E-state index in [1.54, 1.807) is 12.4 Å². The first-order valence-corrected chi connectivity index (χ1v) is 8.79. The Hall–Kier alpha value is -1.64. The molecule has 3 rings (SSSR count). The van der Waals surface area contributed by atoms with Gasteiger partial charge in [0.15, 0.2) is 0 Å². The third-order valence-corrected chi connectivity index (χ3v) is 5.17. The van der Waals surface area contributed by atoms with Crippen molar-refractivity contribution in [2.45, 2.75) is 31.4 Å². The predicted molar refractivity (Wildman–Crippen MR) is 88.3 cm³/mol. The molecule has 0 saturated carbocycles. The molecule has 1 saturated heterocycles. The molecule has 0 spiro atoms. The van der Waals surface area contributed by atoms with Crippen molar-refractivity contribution in [2.75, 3.05) is 19.6 Å². The number of rotatable bonds is 6. The number of thiazole rings is 1. The average Bonchev–Trinajstić information content (AvgIpc) is 3.08. The van der Waals surface area contributed by atoms with E-state index in [-0.39, 0.29) is 17.8 Å². The lowest BCUT2D eigenvalue weighted by Crippen LogP contribution is -2.42. The van der Waals surface area contributed by atoms with E-state index in [1.807, 2.05) is 12.1 Å². The van der Waals surface area contributed by atoms with Crippen molar-refractivity contribution in [2.24, 2.45) is 5.73 Å². The molecule has 1 aliphatic heterocycles. The Bertz CT molecular complexity index is 632. The minimum atomic E-state index is -2.56. The van der Waals surface area contributed by atoms with E-state index in [9.17, 15) is 8.78 Å². The summed E-state index contributed by atoms with van der Waals surface area (Å²) in [5, 5.41) is 0. The second-order valence-corrected chi connectivity index (χ2v) is 6.58. The Morgan fingerprint density at radius 3 is 2.62 bits per heavy atom. The van der Waals surface area contributed by atoms with Gasteiger partial charge in [-0.3, -0.25) is 9.88 Å². The molecule has 8 heteroatoms. The second-order valence-electron chi connectivity index (χ2n) is 5.69. The van der Waals surface area contributed by atoms with Crippen LogP contribution in [0, 0.1) is 0 Å². The Labute approximate surface area is 143 Å². The molecule has 1 unspecified atom stereocenters. The van der Waals surface area contributed by atoms with Crippen LogP contribution in [0.2, 0.25) is 0 Å². The van der Waals surface area contributed by atoms with Crippen molar-refractivity contribution < 1.29 is 13.5 Å². The quantitative estimate of drug-likeness (QED) is 0.864. The first kappa shape index (κ1) is 17.2. The zero-order valence-electron chi connectivity index (χ0n) is 13.1. The van der Waals surface area contributed by atoms with Crippen LogP contribution in [0.25, 0.3) is 0 Å². The van der Waals surface area contributed by atoms with Crippen LogP contribution in [0.4, 0.5) is 8.78 Å². The number of piperidine rings is 1. The van der Waals surface area contributed by atoms with E-state index < -0.39 is 6.43 Å². The lowest BCUT2D eigenvalue weighted by atomic mass is 10.0. The van der Waals surface area contributed by atoms with Crippen LogP contribution in [-0.4, -0.2) is 40.6 Å². The molecule has 24 heavy (non-hydrogen) atoms. The molecule has 1 atom stereocenters. The van der Waals surface area contributed by atoms with Gasteiger partial charge in [0.05, 0.1) is 16.4 Å². The molecule has 0 aromatic carbocycles. The topological polar surface area (TPSA) is 64.3 Å². The van der Waals surface area contributed by atoms with Crippen LogP contribution in [0.5, 0.6) is 5.75 Å². The standard InChI is InChI=1S/C16H20F2N4OS/c17-16(18)14-15(24-10-21-14)13(9-19)22-7-3-12(4-8-22)23-11-1-5-20-6-2-11/h1-2,5-6,10,12-13,16H,3-4,7-9,19H2. The van der Waals surface area contributed by atoms with Gasteiger partial charge in [-0.25, -0.2) is 13.8 Å². The number of nitrogens with two attached hydrogens (primary N) is 1. The van der Waals surface area contributed by atoms with E-state index >= 15 is 0 Å². The van der Waals surface area contributed by atoms with Crippen LogP contribution in [0.15, 0.2) is 30.0 Å². The maximum Gasteiger partial charge on any atom is 0.281 e. The first-order valence-electron chi connectivity index (χ1n) is 7.91. The van der Waals surface area contributed by atoms with Crippen molar-refractivity contribution in [3.05, 3.63) is 40.6 Å². The highest BCUT2D eigenvalue weighted by Crippen LogP contribution is 2.34. The van der Waals surface area contributed by atoms with Crippen molar-refractivity contribution >= 4 is 11.3 Å². The number of alkyl halides is 2. The van der Waals surface area contributed by atoms with E-state index in [4.69, 9.17) is 10.5 Å². The summed E-state index contributed by atoms with van der Waals surface area (Å²) in [7, 11) is 0. The molecule has 1 fully saturated rings. The summed E-state index contributed by atoms with van der Waals surface area (Å²) < 4.78 is 32.1. The highest BCUT2D eigenvalue weighted by molar-refractivity contribution is 7.09. The zero-order valence-corrected chi connectivity index (χ0v) is 14.0. The number of likely N-dealkylation sites (tertiary alicyclic amines) is 1. The summed E-state index contributed by atoms with van der Waals surface area (Å²) in [4.78, 5) is 10.5. The van der Waals surface area contributed by atoms with Gasteiger partial charge in [0.25, 0.3) is 6.43 Å². The minimum absolute atomic E-state index is 0.123. The fourth-order valence-electron chi connectivity index (χ4n) is 3.01. The average molecular weight is 354 g/mol. The zero-order chi connectivity index (χ0) is 16.9. The second kappa shape index (κ2) is 7.96. The van der Waals surface area contributed by atoms with Crippen LogP contribution in [0.3, 0.4) is 0 Å². The third kappa shape index (κ3) is 3.88. The molecule has 0 bridgehead atoms. The predicted octanol–water partition coefficient (Wildman–Crippen LogP) is 3.02. The van der Waals surface area contributed by atoms with Gasteiger partial charge in [-0.05, 0) is 25.0 Å². The lowest BCUT2D eigenvalue weighted by Gasteiger charge is -2.36. The van der Waals surface area contributed by atoms with Gasteiger partial charge < -0.3 is 10.5 Å². The Balaban J connectivity index is 1.61. The van der Waals surface area contributed by atoms with E-state index in [1.165, 1.54) is 16.8 Å². The largest absolute Gasteiger partial charge is 0.490 e. The van der Waals surface area contributed by atoms with Gasteiger partial charge in [0.2, 0.25) is 0 Å². The smallest absolute Gasteiger partial charge is 0.281 e. The van der Waals surface area contributed by atoms with Crippen molar-refractivity contribution in [3.8, 4) is 5.75 Å². The number of hydrogen-bond donors (Lipinski definition) is 1. The van der Waals surface area contributed by atoms with Gasteiger partial charge in [-0.1, -0.05) is 0 Å². The molecule has 0 aliphatic carbocycles. The summed E-state index contributed by atoms with van der Waals surface area (Å²) in [5.74, 6) is 0.807. The fourth-order valence-corrected chi connectivity index (χ4v) is 3.96. The van der Waals surface area contributed by atoms with Crippen LogP contribution in [-0.2, 0) is 0 Å². The van der Waals surface area contributed by atoms with E-state index in [0.29, 0.717) is 11.4 Å². The van der Waals surface area contributed by atoms with Crippen molar-refractivity contribution in [1.29, 1.82) is 0 Å². The maximum atomic E-state index is 13.1. The van der Waals surface area contributed by atoms with Gasteiger partial charge in [0.1, 0.15) is 17.5 Å². The molecule has 2 aromatic rings. The molecule has 2 N–H and O–H groups in total. The van der Waals surface area contributed by atoms with Crippen LogP contribution >= 0.6 is 11.3 Å². The maximum absolute atomic E-state index is 13.1. The minimum Gasteiger partial charge on any atom is -0.490 e. The van der Waals surface area contributed by atoms with Gasteiger partial charge in [0, 0.05) is 32.0 Å². The number of nitrogens with zero attached hydrogens (tertiary/aromatic N) is 3. The highest BCUT2D eigenvalue weighted by Gasteiger charge is 2.30. The molecule has 0 amide bonds. The normalized spacial score (nSPS) is 18.0. The summed E-state index contributed by atoms with van der Waals surface area (Å²) in [6, 6.07) is 3.46. The summed E-state index contributed by atoms with van der Waals surface area (Å²) in [5.41, 5.74) is 7.21. The number of halogens is 2. The first-order chi connectivity index (χ1) is 11.7. The Morgan fingerprint density at radius 2 is 2.00 bits per heavy atom. The molecular weight excluding hydrogens is 334 g/mol. The van der Waals surface area contributed by atoms with Crippen LogP contribution < -0.4 is 10.5 Å². The number of hydrogen-bond acceptors (Lipinski definition) is 6. The number of aromatic nitrogens is 2. The SMILES string of the molecule is NCC(c1scnc1C(F)F)N1CCC(Oc2ccncc2)CC1. The molecule has 2 aromatic heterocycles. The molecule has 3 heterocycles. The lowest BCUT2D eigenvalue weighted by molar-refractivity contribution is 0.0756. The molecule has 0 radical (unpaired) electrons. The van der Waals surface area contributed by atoms with Gasteiger partial charge in [-0.15, -0.1) is 11.3 Å². The van der Waals surface area contributed by atoms with E-state index in [2.05, 4.69) is 14.9 Å². The van der Waals surface area contributed by atoms with Crippen molar-refractivity contribution in [3.63, 3.8) is 0 Å². The number of pyridine rings is 1. The monoisotopic (exact) mass is 354 g/mol. The van der Waals surface area contributed by atoms with E-state index in [0.717, 1.165) is 31.7 Å². The summed E-state index contributed by atoms with van der Waals surface area (Å²) in [6.07, 6.45) is 2.63. The van der Waals surface area contributed by atoms with Crippen LogP contribution in [0.1, 0.15) is 35.9 Å². The fraction of sp³-hybridized carbons (Fsp3) is 0.500. The highest BCUT2D eigenvalue weighted by atomic mass is 32.1. The van der Waals surface area contributed by atoms with Crippen molar-refractivity contribution in [1.82, 2.24) is 14.9 Å². The Morgan fingerprint density at radius 1 is 1.29 bits per heavy atom. The molecule has 1 aliphatic rings. The van der Waals surface area contributed by atoms with Gasteiger partial charge in [-0.2, -0.15) is 0 Å². The Kier molecular flexibility index (Phi) is 5.70. The molecule has 130 valence electrons. The van der Waals surface area contributed by atoms with Gasteiger partial charge >= 0.3 is 0 Å². The summed E-state index contributed by atoms with van der Waals surface area (Å²) in [6.45, 7) is 1.83. The molecular formula is C16H20F2N4OS. The molecule has 5 nitrogen and oxygen atoms in total. The third-order valence-electron chi connectivity index (χ3n) is 4.23. The number of ether oxygens (including phenoxy) is 1.